The van der Waals surface area contributed by atoms with Crippen LogP contribution in [0.3, 0.4) is 0 Å². The third-order valence-corrected chi connectivity index (χ3v) is 5.99. The van der Waals surface area contributed by atoms with Crippen molar-refractivity contribution in [3.8, 4) is 0 Å². The second-order valence-electron chi connectivity index (χ2n) is 8.48. The van der Waals surface area contributed by atoms with Crippen molar-refractivity contribution in [2.24, 2.45) is 0 Å². The Balaban J connectivity index is 3.84. The molecule has 0 aliphatic carbocycles. The van der Waals surface area contributed by atoms with Crippen LogP contribution in [0.5, 0.6) is 0 Å². The first-order chi connectivity index (χ1) is 12.7. The lowest BCUT2D eigenvalue weighted by Crippen LogP contribution is -2.32. The molecule has 0 spiro atoms. The molecule has 0 amide bonds. The van der Waals surface area contributed by atoms with Crippen molar-refractivity contribution in [2.45, 2.75) is 155 Å². The Morgan fingerprint density at radius 1 is 0.462 bits per heavy atom. The Hall–Kier alpha value is -0.0400. The van der Waals surface area contributed by atoms with Crippen molar-refractivity contribution < 1.29 is 4.74 Å². The van der Waals surface area contributed by atoms with Crippen molar-refractivity contribution in [3.05, 3.63) is 0 Å². The largest absolute Gasteiger partial charge is 0.375 e. The van der Waals surface area contributed by atoms with E-state index in [1.807, 2.05) is 0 Å². The van der Waals surface area contributed by atoms with E-state index in [9.17, 15) is 0 Å². The summed E-state index contributed by atoms with van der Waals surface area (Å²) in [6.45, 7) is 10.2. The van der Waals surface area contributed by atoms with Crippen molar-refractivity contribution >= 4 is 0 Å². The van der Waals surface area contributed by atoms with E-state index in [0.29, 0.717) is 0 Å². The van der Waals surface area contributed by atoms with Crippen LogP contribution >= 0.6 is 0 Å². The fourth-order valence-corrected chi connectivity index (χ4v) is 4.11. The van der Waals surface area contributed by atoms with E-state index >= 15 is 0 Å². The standard InChI is InChI=1S/C25H52O/c1-5-9-11-13-15-17-19-21-24-26-25(8-4,22-7-3)23-20-18-16-14-12-10-6-2/h5-24H2,1-4H3. The minimum absolute atomic E-state index is 0.180. The number of hydrogen-bond donors (Lipinski definition) is 0. The molecule has 0 rings (SSSR count). The summed E-state index contributed by atoms with van der Waals surface area (Å²) >= 11 is 0. The van der Waals surface area contributed by atoms with Crippen LogP contribution in [0.1, 0.15) is 150 Å². The van der Waals surface area contributed by atoms with E-state index in [1.165, 1.54) is 122 Å². The van der Waals surface area contributed by atoms with Gasteiger partial charge in [0.05, 0.1) is 5.60 Å². The van der Waals surface area contributed by atoms with E-state index in [4.69, 9.17) is 4.74 Å². The normalized spacial score (nSPS) is 13.8. The van der Waals surface area contributed by atoms with Crippen LogP contribution < -0.4 is 0 Å². The highest BCUT2D eigenvalue weighted by Crippen LogP contribution is 2.30. The van der Waals surface area contributed by atoms with Gasteiger partial charge in [0.1, 0.15) is 0 Å². The van der Waals surface area contributed by atoms with Gasteiger partial charge in [0.2, 0.25) is 0 Å². The summed E-state index contributed by atoms with van der Waals surface area (Å²) in [4.78, 5) is 0. The maximum Gasteiger partial charge on any atom is 0.0679 e. The molecular formula is C25H52O. The third-order valence-electron chi connectivity index (χ3n) is 5.99. The molecule has 0 aromatic carbocycles. The minimum atomic E-state index is 0.180. The number of ether oxygens (including phenoxy) is 1. The summed E-state index contributed by atoms with van der Waals surface area (Å²) in [5, 5.41) is 0. The van der Waals surface area contributed by atoms with Gasteiger partial charge >= 0.3 is 0 Å². The maximum absolute atomic E-state index is 6.51. The zero-order valence-electron chi connectivity index (χ0n) is 19.1. The molecule has 1 nitrogen and oxygen atoms in total. The van der Waals surface area contributed by atoms with Gasteiger partial charge in [-0.3, -0.25) is 0 Å². The highest BCUT2D eigenvalue weighted by Gasteiger charge is 2.27. The van der Waals surface area contributed by atoms with Crippen molar-refractivity contribution in [1.29, 1.82) is 0 Å². The average Bonchev–Trinajstić information content (AvgIpc) is 2.65. The van der Waals surface area contributed by atoms with Gasteiger partial charge in [-0.2, -0.15) is 0 Å². The second-order valence-corrected chi connectivity index (χ2v) is 8.48. The summed E-state index contributed by atoms with van der Waals surface area (Å²) in [5.41, 5.74) is 0.180. The van der Waals surface area contributed by atoms with Crippen LogP contribution in [-0.4, -0.2) is 12.2 Å². The van der Waals surface area contributed by atoms with E-state index in [1.54, 1.807) is 0 Å². The van der Waals surface area contributed by atoms with Crippen LogP contribution in [0.4, 0.5) is 0 Å². The van der Waals surface area contributed by atoms with E-state index in [2.05, 4.69) is 27.7 Å². The molecule has 0 aliphatic rings. The summed E-state index contributed by atoms with van der Waals surface area (Å²) in [6.07, 6.45) is 25.8. The van der Waals surface area contributed by atoms with Crippen LogP contribution in [0, 0.1) is 0 Å². The van der Waals surface area contributed by atoms with Crippen LogP contribution in [0.2, 0.25) is 0 Å². The SMILES string of the molecule is CCCCCCCCCCOC(CC)(CCC)CCCCCCCCC. The molecule has 0 N–H and O–H groups in total. The summed E-state index contributed by atoms with van der Waals surface area (Å²) in [5.74, 6) is 0. The van der Waals surface area contributed by atoms with Crippen LogP contribution in [-0.2, 0) is 4.74 Å². The minimum Gasteiger partial charge on any atom is -0.375 e. The van der Waals surface area contributed by atoms with Gasteiger partial charge in [0.25, 0.3) is 0 Å². The number of unbranched alkanes of at least 4 members (excludes halogenated alkanes) is 13. The Kier molecular flexibility index (Phi) is 19.7. The van der Waals surface area contributed by atoms with Crippen molar-refractivity contribution in [3.63, 3.8) is 0 Å². The molecule has 0 radical (unpaired) electrons. The van der Waals surface area contributed by atoms with Gasteiger partial charge in [-0.1, -0.05) is 124 Å². The molecule has 0 aliphatic heterocycles. The molecule has 0 aromatic heterocycles. The lowest BCUT2D eigenvalue weighted by atomic mass is 9.88. The van der Waals surface area contributed by atoms with Gasteiger partial charge < -0.3 is 4.74 Å². The van der Waals surface area contributed by atoms with E-state index in [-0.39, 0.29) is 5.60 Å². The molecule has 0 fully saturated rings. The number of hydrogen-bond acceptors (Lipinski definition) is 1. The average molecular weight is 369 g/mol. The molecule has 1 unspecified atom stereocenters. The third kappa shape index (κ3) is 15.1. The van der Waals surface area contributed by atoms with Crippen molar-refractivity contribution in [1.82, 2.24) is 0 Å². The van der Waals surface area contributed by atoms with E-state index in [0.717, 1.165) is 6.61 Å². The van der Waals surface area contributed by atoms with Crippen molar-refractivity contribution in [2.75, 3.05) is 6.61 Å². The maximum atomic E-state index is 6.51. The van der Waals surface area contributed by atoms with Gasteiger partial charge in [-0.25, -0.2) is 0 Å². The fourth-order valence-electron chi connectivity index (χ4n) is 4.11. The second kappa shape index (κ2) is 19.7. The zero-order valence-corrected chi connectivity index (χ0v) is 19.1. The Morgan fingerprint density at radius 3 is 1.38 bits per heavy atom. The predicted octanol–water partition coefficient (Wildman–Crippen LogP) is 9.23. The highest BCUT2D eigenvalue weighted by atomic mass is 16.5. The van der Waals surface area contributed by atoms with Gasteiger partial charge in [-0.15, -0.1) is 0 Å². The lowest BCUT2D eigenvalue weighted by molar-refractivity contribution is -0.0638. The Bertz CT molecular complexity index is 263. The van der Waals surface area contributed by atoms with Crippen LogP contribution in [0.25, 0.3) is 0 Å². The first-order valence-corrected chi connectivity index (χ1v) is 12.4. The molecule has 158 valence electrons. The molecule has 0 heterocycles. The lowest BCUT2D eigenvalue weighted by Gasteiger charge is -2.33. The molecule has 0 bridgehead atoms. The van der Waals surface area contributed by atoms with Gasteiger partial charge in [0, 0.05) is 6.61 Å². The van der Waals surface area contributed by atoms with Gasteiger partial charge in [0.15, 0.2) is 0 Å². The molecule has 1 heteroatoms. The quantitative estimate of drug-likeness (QED) is 0.183. The molecule has 26 heavy (non-hydrogen) atoms. The zero-order chi connectivity index (χ0) is 19.3. The Labute approximate surface area is 167 Å². The molecular weight excluding hydrogens is 316 g/mol. The smallest absolute Gasteiger partial charge is 0.0679 e. The summed E-state index contributed by atoms with van der Waals surface area (Å²) < 4.78 is 6.51. The number of rotatable bonds is 21. The topological polar surface area (TPSA) is 9.23 Å². The van der Waals surface area contributed by atoms with Crippen LogP contribution in [0.15, 0.2) is 0 Å². The van der Waals surface area contributed by atoms with E-state index < -0.39 is 0 Å². The monoisotopic (exact) mass is 368 g/mol. The molecule has 0 saturated heterocycles. The summed E-state index contributed by atoms with van der Waals surface area (Å²) in [7, 11) is 0. The molecule has 0 saturated carbocycles. The Morgan fingerprint density at radius 2 is 0.923 bits per heavy atom. The predicted molar refractivity (Wildman–Crippen MR) is 119 cm³/mol. The van der Waals surface area contributed by atoms with Gasteiger partial charge in [-0.05, 0) is 25.7 Å². The summed E-state index contributed by atoms with van der Waals surface area (Å²) in [6, 6.07) is 0. The first kappa shape index (κ1) is 26.0. The molecule has 1 atom stereocenters. The first-order valence-electron chi connectivity index (χ1n) is 12.4. The fraction of sp³-hybridized carbons (Fsp3) is 1.00. The highest BCUT2D eigenvalue weighted by molar-refractivity contribution is 4.79. The molecule has 0 aromatic rings.